The molecule has 1 aliphatic heterocycles. The number of hydrogen-bond acceptors (Lipinski definition) is 5. The molecule has 1 saturated heterocycles. The van der Waals surface area contributed by atoms with Crippen molar-refractivity contribution in [1.29, 1.82) is 0 Å². The highest BCUT2D eigenvalue weighted by molar-refractivity contribution is 6.07. The molecule has 1 N–H and O–H groups in total. The number of aryl methyl sites for hydroxylation is 1. The highest BCUT2D eigenvalue weighted by Crippen LogP contribution is 2.34. The Balaban J connectivity index is 1.82. The third-order valence-electron chi connectivity index (χ3n) is 6.35. The number of nitrogens with zero attached hydrogens (tertiary/aromatic N) is 5. The predicted octanol–water partition coefficient (Wildman–Crippen LogP) is 3.62. The van der Waals surface area contributed by atoms with Gasteiger partial charge in [-0.1, -0.05) is 12.1 Å². The fourth-order valence-corrected chi connectivity index (χ4v) is 4.74. The summed E-state index contributed by atoms with van der Waals surface area (Å²) < 4.78 is 2.05. The lowest BCUT2D eigenvalue weighted by molar-refractivity contribution is 0.0944. The normalized spacial score (nSPS) is 16.8. The van der Waals surface area contributed by atoms with Crippen LogP contribution in [0.3, 0.4) is 0 Å². The van der Waals surface area contributed by atoms with Gasteiger partial charge in [0.25, 0.3) is 5.91 Å². The lowest BCUT2D eigenvalue weighted by atomic mass is 10.1. The van der Waals surface area contributed by atoms with E-state index in [1.165, 1.54) is 0 Å². The van der Waals surface area contributed by atoms with Crippen LogP contribution in [-0.2, 0) is 0 Å². The van der Waals surface area contributed by atoms with Gasteiger partial charge < -0.3 is 15.1 Å². The van der Waals surface area contributed by atoms with Crippen molar-refractivity contribution in [2.24, 2.45) is 0 Å². The molecule has 0 radical (unpaired) electrons. The number of fused-ring (bicyclic) bond motifs is 5. The Morgan fingerprint density at radius 2 is 1.94 bits per heavy atom. The quantitative estimate of drug-likeness (QED) is 0.536. The van der Waals surface area contributed by atoms with Gasteiger partial charge >= 0.3 is 0 Å². The van der Waals surface area contributed by atoms with Gasteiger partial charge in [-0.15, -0.1) is 0 Å². The highest BCUT2D eigenvalue weighted by atomic mass is 16.1. The number of rotatable bonds is 4. The van der Waals surface area contributed by atoms with Crippen molar-refractivity contribution in [1.82, 2.24) is 24.6 Å². The van der Waals surface area contributed by atoms with E-state index in [1.54, 1.807) is 0 Å². The summed E-state index contributed by atoms with van der Waals surface area (Å²) in [4.78, 5) is 27.7. The van der Waals surface area contributed by atoms with Gasteiger partial charge in [-0.25, -0.2) is 9.97 Å². The fraction of sp³-hybridized carbons (Fsp3) is 0.400. The third-order valence-corrected chi connectivity index (χ3v) is 6.35. The summed E-state index contributed by atoms with van der Waals surface area (Å²) in [5.74, 6) is -0.110. The van der Waals surface area contributed by atoms with Gasteiger partial charge in [0.05, 0.1) is 16.6 Å². The number of carbonyl (C=O) groups excluding carboxylic acids is 1. The van der Waals surface area contributed by atoms with Crippen LogP contribution in [0.25, 0.3) is 27.7 Å². The van der Waals surface area contributed by atoms with E-state index in [4.69, 9.17) is 9.97 Å². The lowest BCUT2D eigenvalue weighted by Crippen LogP contribution is -2.32. The standard InChI is InChI=1S/C25H30N6O/c1-15(2)26-25(32)19-13-18-22(30-11-10-17(14-30)29(4)5)12-16(3)27-23(18)31-21-9-7-6-8-20(21)28-24(19)31/h6-9,12-13,15,17H,10-11,14H2,1-5H3,(H,26,32)/t17-/m1/s1. The number of para-hydroxylation sites is 2. The van der Waals surface area contributed by atoms with Crippen LogP contribution in [0.15, 0.2) is 36.4 Å². The van der Waals surface area contributed by atoms with Crippen LogP contribution in [0.2, 0.25) is 0 Å². The molecule has 0 bridgehead atoms. The van der Waals surface area contributed by atoms with E-state index >= 15 is 0 Å². The summed E-state index contributed by atoms with van der Waals surface area (Å²) in [7, 11) is 4.28. The Morgan fingerprint density at radius 3 is 2.66 bits per heavy atom. The lowest BCUT2D eigenvalue weighted by Gasteiger charge is -2.24. The molecule has 5 rings (SSSR count). The zero-order valence-corrected chi connectivity index (χ0v) is 19.4. The van der Waals surface area contributed by atoms with E-state index in [-0.39, 0.29) is 11.9 Å². The predicted molar refractivity (Wildman–Crippen MR) is 130 cm³/mol. The average molecular weight is 431 g/mol. The van der Waals surface area contributed by atoms with Crippen LogP contribution in [0, 0.1) is 6.92 Å². The summed E-state index contributed by atoms with van der Waals surface area (Å²) >= 11 is 0. The van der Waals surface area contributed by atoms with Crippen molar-refractivity contribution >= 4 is 39.3 Å². The number of pyridine rings is 2. The molecule has 7 nitrogen and oxygen atoms in total. The number of aromatic nitrogens is 3. The van der Waals surface area contributed by atoms with Crippen molar-refractivity contribution in [3.63, 3.8) is 0 Å². The zero-order chi connectivity index (χ0) is 22.6. The van der Waals surface area contributed by atoms with Gasteiger partial charge in [0, 0.05) is 41.9 Å². The number of hydrogen-bond donors (Lipinski definition) is 1. The SMILES string of the molecule is Cc1cc(N2CC[C@@H](N(C)C)C2)c2cc(C(=O)NC(C)C)c3nc4ccccc4n3c2n1. The minimum absolute atomic E-state index is 0.0395. The number of amides is 1. The van der Waals surface area contributed by atoms with Crippen LogP contribution >= 0.6 is 0 Å². The van der Waals surface area contributed by atoms with E-state index in [9.17, 15) is 4.79 Å². The van der Waals surface area contributed by atoms with Crippen molar-refractivity contribution in [2.45, 2.75) is 39.3 Å². The van der Waals surface area contributed by atoms with Crippen molar-refractivity contribution in [3.8, 4) is 0 Å². The largest absolute Gasteiger partial charge is 0.369 e. The first-order valence-electron chi connectivity index (χ1n) is 11.3. The first kappa shape index (κ1) is 20.7. The number of imidazole rings is 1. The Morgan fingerprint density at radius 1 is 1.16 bits per heavy atom. The van der Waals surface area contributed by atoms with Crippen LogP contribution < -0.4 is 10.2 Å². The van der Waals surface area contributed by atoms with Crippen LogP contribution in [0.5, 0.6) is 0 Å². The second-order valence-electron chi connectivity index (χ2n) is 9.32. The molecule has 1 fully saturated rings. The Bertz CT molecular complexity index is 1340. The molecule has 1 atom stereocenters. The number of nitrogens with one attached hydrogen (secondary N) is 1. The summed E-state index contributed by atoms with van der Waals surface area (Å²) in [5.41, 5.74) is 5.99. The van der Waals surface area contributed by atoms with Crippen molar-refractivity contribution < 1.29 is 4.79 Å². The molecule has 32 heavy (non-hydrogen) atoms. The van der Waals surface area contributed by atoms with E-state index in [2.05, 4.69) is 39.7 Å². The first-order chi connectivity index (χ1) is 15.3. The highest BCUT2D eigenvalue weighted by Gasteiger charge is 2.27. The van der Waals surface area contributed by atoms with Crippen LogP contribution in [0.1, 0.15) is 36.3 Å². The minimum atomic E-state index is -0.110. The van der Waals surface area contributed by atoms with Gasteiger partial charge in [0.15, 0.2) is 5.65 Å². The van der Waals surface area contributed by atoms with Crippen LogP contribution in [-0.4, -0.2) is 64.4 Å². The summed E-state index contributed by atoms with van der Waals surface area (Å²) in [6.07, 6.45) is 1.12. The molecule has 1 amide bonds. The maximum Gasteiger partial charge on any atom is 0.255 e. The Hall–Kier alpha value is -3.19. The summed E-state index contributed by atoms with van der Waals surface area (Å²) in [6.45, 7) is 7.92. The third kappa shape index (κ3) is 3.37. The maximum absolute atomic E-state index is 13.2. The van der Waals surface area contributed by atoms with E-state index in [0.717, 1.165) is 53.0 Å². The topological polar surface area (TPSA) is 65.8 Å². The molecule has 4 heterocycles. The van der Waals surface area contributed by atoms with E-state index in [0.29, 0.717) is 17.3 Å². The molecule has 0 unspecified atom stereocenters. The molecule has 3 aromatic heterocycles. The molecule has 166 valence electrons. The van der Waals surface area contributed by atoms with Crippen molar-refractivity contribution in [2.75, 3.05) is 32.1 Å². The summed E-state index contributed by atoms with van der Waals surface area (Å²) in [6, 6.07) is 12.7. The van der Waals surface area contributed by atoms with Gasteiger partial charge in [-0.05, 0) is 65.6 Å². The van der Waals surface area contributed by atoms with Gasteiger partial charge in [-0.3, -0.25) is 9.20 Å². The smallest absolute Gasteiger partial charge is 0.255 e. The molecule has 0 saturated carbocycles. The van der Waals surface area contributed by atoms with E-state index < -0.39 is 0 Å². The second kappa shape index (κ2) is 7.74. The molecule has 4 aromatic rings. The summed E-state index contributed by atoms with van der Waals surface area (Å²) in [5, 5.41) is 4.04. The van der Waals surface area contributed by atoms with Gasteiger partial charge in [0.1, 0.15) is 5.65 Å². The monoisotopic (exact) mass is 430 g/mol. The average Bonchev–Trinajstić information content (AvgIpc) is 3.37. The molecule has 0 aliphatic carbocycles. The molecular weight excluding hydrogens is 400 g/mol. The van der Waals surface area contributed by atoms with Gasteiger partial charge in [-0.2, -0.15) is 0 Å². The zero-order valence-electron chi connectivity index (χ0n) is 19.4. The maximum atomic E-state index is 13.2. The second-order valence-corrected chi connectivity index (χ2v) is 9.32. The Labute approximate surface area is 188 Å². The molecule has 1 aliphatic rings. The molecule has 7 heteroatoms. The molecule has 1 aromatic carbocycles. The number of anilines is 1. The van der Waals surface area contributed by atoms with Crippen molar-refractivity contribution in [3.05, 3.63) is 47.7 Å². The fourth-order valence-electron chi connectivity index (χ4n) is 4.74. The van der Waals surface area contributed by atoms with Gasteiger partial charge in [0.2, 0.25) is 0 Å². The number of benzene rings is 1. The number of carbonyl (C=O) groups is 1. The minimum Gasteiger partial charge on any atom is -0.369 e. The molecule has 0 spiro atoms. The Kier molecular flexibility index (Phi) is 5.01. The van der Waals surface area contributed by atoms with E-state index in [1.807, 2.05) is 51.1 Å². The number of likely N-dealkylation sites (N-methyl/N-ethyl adjacent to an activating group) is 1. The molecular formula is C25H30N6O. The first-order valence-corrected chi connectivity index (χ1v) is 11.3. The van der Waals surface area contributed by atoms with Crippen LogP contribution in [0.4, 0.5) is 5.69 Å².